The number of benzene rings is 1. The Kier molecular flexibility index (Phi) is 5.12. The number of para-hydroxylation sites is 1. The molecule has 0 radical (unpaired) electrons. The van der Waals surface area contributed by atoms with Gasteiger partial charge >= 0.3 is 0 Å². The molecule has 2 heterocycles. The van der Waals surface area contributed by atoms with Gasteiger partial charge in [0.15, 0.2) is 10.9 Å². The quantitative estimate of drug-likeness (QED) is 0.405. The number of Topliss-reactive ketones (excluding diaryl/α,β-unsaturated/α-hetero) is 1. The Morgan fingerprint density at radius 2 is 2.12 bits per heavy atom. The Balaban J connectivity index is 1.92. The summed E-state index contributed by atoms with van der Waals surface area (Å²) >= 11 is 1.26. The van der Waals surface area contributed by atoms with Crippen molar-refractivity contribution in [3.05, 3.63) is 58.6 Å². The van der Waals surface area contributed by atoms with Crippen molar-refractivity contribution >= 4 is 28.4 Å². The van der Waals surface area contributed by atoms with Gasteiger partial charge in [-0.25, -0.2) is 4.98 Å². The van der Waals surface area contributed by atoms with Crippen LogP contribution in [0.4, 0.5) is 0 Å². The van der Waals surface area contributed by atoms with Gasteiger partial charge in [0.05, 0.1) is 35.5 Å². The third-order valence-electron chi connectivity index (χ3n) is 3.58. The summed E-state index contributed by atoms with van der Waals surface area (Å²) in [4.78, 5) is 32.3. The minimum atomic E-state index is -0.118. The molecule has 0 amide bonds. The average molecular weight is 343 g/mol. The average Bonchev–Trinajstić information content (AvgIpc) is 3.14. The Labute approximate surface area is 142 Å². The monoisotopic (exact) mass is 343 g/mol. The molecule has 0 fully saturated rings. The van der Waals surface area contributed by atoms with Crippen LogP contribution in [-0.4, -0.2) is 39.8 Å². The molecule has 0 unspecified atom stereocenters. The lowest BCUT2D eigenvalue weighted by Crippen LogP contribution is -2.25. The fourth-order valence-electron chi connectivity index (χ4n) is 2.35. The maximum absolute atomic E-state index is 12.7. The molecule has 124 valence electrons. The first kappa shape index (κ1) is 16.5. The number of carbonyl (C=O) groups is 1. The molecule has 2 aromatic heterocycles. The van der Waals surface area contributed by atoms with Gasteiger partial charge in [-0.05, 0) is 24.3 Å². The number of nitrogens with one attached hydrogen (secondary N) is 1. The van der Waals surface area contributed by atoms with Gasteiger partial charge < -0.3 is 9.72 Å². The van der Waals surface area contributed by atoms with Crippen LogP contribution in [0.3, 0.4) is 0 Å². The molecule has 0 aliphatic heterocycles. The normalized spacial score (nSPS) is 11.0. The number of aromatic nitrogens is 3. The second-order valence-electron chi connectivity index (χ2n) is 5.16. The summed E-state index contributed by atoms with van der Waals surface area (Å²) < 4.78 is 6.65. The molecule has 7 heteroatoms. The summed E-state index contributed by atoms with van der Waals surface area (Å²) in [7, 11) is 1.58. The molecule has 1 aromatic carbocycles. The third-order valence-corrected chi connectivity index (χ3v) is 4.55. The van der Waals surface area contributed by atoms with Gasteiger partial charge in [-0.2, -0.15) is 0 Å². The molecule has 0 saturated heterocycles. The number of thioether (sulfide) groups is 1. The van der Waals surface area contributed by atoms with E-state index in [4.69, 9.17) is 4.74 Å². The summed E-state index contributed by atoms with van der Waals surface area (Å²) in [5, 5.41) is 1.09. The van der Waals surface area contributed by atoms with Crippen LogP contribution in [-0.2, 0) is 11.3 Å². The number of H-pyrrole nitrogens is 1. The molecule has 6 nitrogen and oxygen atoms in total. The summed E-state index contributed by atoms with van der Waals surface area (Å²) in [6.07, 6.45) is 1.71. The number of hydrogen-bond donors (Lipinski definition) is 1. The summed E-state index contributed by atoms with van der Waals surface area (Å²) in [6.45, 7) is 0.796. The molecule has 0 aliphatic carbocycles. The highest BCUT2D eigenvalue weighted by Gasteiger charge is 2.14. The van der Waals surface area contributed by atoms with Gasteiger partial charge in [0.1, 0.15) is 0 Å². The van der Waals surface area contributed by atoms with Crippen LogP contribution in [0.25, 0.3) is 10.9 Å². The van der Waals surface area contributed by atoms with Crippen molar-refractivity contribution in [3.63, 3.8) is 0 Å². The second-order valence-corrected chi connectivity index (χ2v) is 6.10. The zero-order chi connectivity index (χ0) is 16.9. The van der Waals surface area contributed by atoms with E-state index in [2.05, 4.69) is 9.97 Å². The lowest BCUT2D eigenvalue weighted by Gasteiger charge is -2.12. The van der Waals surface area contributed by atoms with E-state index in [9.17, 15) is 9.59 Å². The van der Waals surface area contributed by atoms with Crippen LogP contribution in [0.1, 0.15) is 10.5 Å². The van der Waals surface area contributed by atoms with E-state index in [0.717, 1.165) is 0 Å². The molecule has 0 atom stereocenters. The first-order chi connectivity index (χ1) is 11.7. The van der Waals surface area contributed by atoms with Crippen molar-refractivity contribution < 1.29 is 9.53 Å². The number of ether oxygens (including phenoxy) is 1. The maximum Gasteiger partial charge on any atom is 0.262 e. The van der Waals surface area contributed by atoms with E-state index in [-0.39, 0.29) is 17.1 Å². The van der Waals surface area contributed by atoms with E-state index in [1.54, 1.807) is 42.1 Å². The van der Waals surface area contributed by atoms with Gasteiger partial charge in [-0.15, -0.1) is 0 Å². The maximum atomic E-state index is 12.7. The second kappa shape index (κ2) is 7.46. The molecule has 3 rings (SSSR count). The highest BCUT2D eigenvalue weighted by Crippen LogP contribution is 2.19. The van der Waals surface area contributed by atoms with Crippen LogP contribution in [0.5, 0.6) is 0 Å². The number of hydrogen-bond acceptors (Lipinski definition) is 5. The van der Waals surface area contributed by atoms with E-state index >= 15 is 0 Å². The number of nitrogens with zero attached hydrogens (tertiary/aromatic N) is 2. The Hall–Kier alpha value is -2.38. The van der Waals surface area contributed by atoms with Crippen LogP contribution in [0.2, 0.25) is 0 Å². The lowest BCUT2D eigenvalue weighted by molar-refractivity contribution is 0.101. The zero-order valence-corrected chi connectivity index (χ0v) is 14.0. The van der Waals surface area contributed by atoms with Gasteiger partial charge in [-0.1, -0.05) is 23.9 Å². The number of aromatic amines is 1. The molecule has 24 heavy (non-hydrogen) atoms. The fraction of sp³-hybridized carbons (Fsp3) is 0.235. The molecule has 3 aromatic rings. The molecular formula is C17H17N3O3S. The summed E-state index contributed by atoms with van der Waals surface area (Å²) in [5.41, 5.74) is 1.06. The van der Waals surface area contributed by atoms with Crippen LogP contribution in [0, 0.1) is 0 Å². The van der Waals surface area contributed by atoms with Crippen molar-refractivity contribution in [1.29, 1.82) is 0 Å². The molecule has 0 saturated carbocycles. The third kappa shape index (κ3) is 3.42. The summed E-state index contributed by atoms with van der Waals surface area (Å²) in [5.74, 6) is 0.170. The van der Waals surface area contributed by atoms with Gasteiger partial charge in [-0.3, -0.25) is 14.2 Å². The summed E-state index contributed by atoms with van der Waals surface area (Å²) in [6, 6.07) is 10.7. The first-order valence-electron chi connectivity index (χ1n) is 7.48. The van der Waals surface area contributed by atoms with E-state index < -0.39 is 0 Å². The van der Waals surface area contributed by atoms with Crippen molar-refractivity contribution in [2.24, 2.45) is 0 Å². The van der Waals surface area contributed by atoms with Crippen molar-refractivity contribution in [2.75, 3.05) is 19.5 Å². The molecule has 0 aliphatic rings. The fourth-order valence-corrected chi connectivity index (χ4v) is 3.26. The number of rotatable bonds is 7. The van der Waals surface area contributed by atoms with Crippen molar-refractivity contribution in [3.8, 4) is 0 Å². The smallest absolute Gasteiger partial charge is 0.262 e. The Morgan fingerprint density at radius 1 is 1.29 bits per heavy atom. The Morgan fingerprint density at radius 3 is 2.88 bits per heavy atom. The van der Waals surface area contributed by atoms with Crippen LogP contribution < -0.4 is 5.56 Å². The molecule has 0 spiro atoms. The van der Waals surface area contributed by atoms with Gasteiger partial charge in [0.25, 0.3) is 5.56 Å². The van der Waals surface area contributed by atoms with Crippen molar-refractivity contribution in [2.45, 2.75) is 11.7 Å². The SMILES string of the molecule is COCCn1c(SCC(=O)c2ccc[nH]2)nc2ccccc2c1=O. The highest BCUT2D eigenvalue weighted by atomic mass is 32.2. The Bertz CT molecular complexity index is 903. The molecule has 1 N–H and O–H groups in total. The lowest BCUT2D eigenvalue weighted by atomic mass is 10.2. The van der Waals surface area contributed by atoms with E-state index in [1.807, 2.05) is 12.1 Å². The van der Waals surface area contributed by atoms with Gasteiger partial charge in [0, 0.05) is 13.3 Å². The van der Waals surface area contributed by atoms with E-state index in [1.165, 1.54) is 11.8 Å². The first-order valence-corrected chi connectivity index (χ1v) is 8.47. The van der Waals surface area contributed by atoms with Crippen molar-refractivity contribution in [1.82, 2.24) is 14.5 Å². The predicted octanol–water partition coefficient (Wildman–Crippen LogP) is 2.35. The standard InChI is InChI=1S/C17H17N3O3S/c1-23-10-9-20-16(22)12-5-2-3-6-13(12)19-17(20)24-11-15(21)14-7-4-8-18-14/h2-8,18H,9-11H2,1H3. The molecule has 0 bridgehead atoms. The van der Waals surface area contributed by atoms with Gasteiger partial charge in [0.2, 0.25) is 0 Å². The topological polar surface area (TPSA) is 77.0 Å². The number of methoxy groups -OCH3 is 1. The highest BCUT2D eigenvalue weighted by molar-refractivity contribution is 7.99. The minimum Gasteiger partial charge on any atom is -0.383 e. The number of ketones is 1. The number of fused-ring (bicyclic) bond motifs is 1. The minimum absolute atomic E-state index is 0.0364. The number of carbonyl (C=O) groups excluding carboxylic acids is 1. The zero-order valence-electron chi connectivity index (χ0n) is 13.2. The van der Waals surface area contributed by atoms with E-state index in [0.29, 0.717) is 34.9 Å². The largest absolute Gasteiger partial charge is 0.383 e. The van der Waals surface area contributed by atoms with Crippen LogP contribution >= 0.6 is 11.8 Å². The predicted molar refractivity (Wildman–Crippen MR) is 93.7 cm³/mol. The van der Waals surface area contributed by atoms with Crippen LogP contribution in [0.15, 0.2) is 52.5 Å². The molecular weight excluding hydrogens is 326 g/mol.